The Hall–Kier alpha value is -2.33. The Morgan fingerprint density at radius 3 is 2.75 bits per heavy atom. The van der Waals surface area contributed by atoms with Gasteiger partial charge in [0.2, 0.25) is 0 Å². The number of para-hydroxylation sites is 1. The summed E-state index contributed by atoms with van der Waals surface area (Å²) in [5.74, 6) is 0.0769. The molecule has 0 saturated carbocycles. The SMILES string of the molecule is Cc1ccccc1[C@H]1Nc2ccccc2C(=O)N1C[C@H]1CCCO1. The molecule has 2 aliphatic heterocycles. The first kappa shape index (κ1) is 15.2. The third-order valence-electron chi connectivity index (χ3n) is 4.93. The van der Waals surface area contributed by atoms with Crippen molar-refractivity contribution in [2.45, 2.75) is 32.0 Å². The molecule has 1 fully saturated rings. The van der Waals surface area contributed by atoms with E-state index in [2.05, 4.69) is 24.4 Å². The van der Waals surface area contributed by atoms with Crippen molar-refractivity contribution in [3.05, 3.63) is 65.2 Å². The Kier molecular flexibility index (Phi) is 3.98. The fourth-order valence-electron chi connectivity index (χ4n) is 3.63. The molecule has 2 aliphatic rings. The number of anilines is 1. The number of benzene rings is 2. The quantitative estimate of drug-likeness (QED) is 0.936. The lowest BCUT2D eigenvalue weighted by molar-refractivity contribution is 0.0426. The van der Waals surface area contributed by atoms with Crippen molar-refractivity contribution >= 4 is 11.6 Å². The van der Waals surface area contributed by atoms with Crippen LogP contribution in [0, 0.1) is 6.92 Å². The van der Waals surface area contributed by atoms with E-state index in [1.807, 2.05) is 41.3 Å². The van der Waals surface area contributed by atoms with Crippen LogP contribution in [0.2, 0.25) is 0 Å². The number of carbonyl (C=O) groups excluding carboxylic acids is 1. The molecule has 2 aromatic rings. The second kappa shape index (κ2) is 6.29. The lowest BCUT2D eigenvalue weighted by Gasteiger charge is -2.39. The highest BCUT2D eigenvalue weighted by molar-refractivity contribution is 6.01. The molecule has 4 rings (SSSR count). The highest BCUT2D eigenvalue weighted by atomic mass is 16.5. The molecule has 0 aromatic heterocycles. The number of fused-ring (bicyclic) bond motifs is 1. The standard InChI is InChI=1S/C20H22N2O2/c1-14-7-2-3-9-16(14)19-21-18-11-5-4-10-17(18)20(23)22(19)13-15-8-6-12-24-15/h2-5,7,9-11,15,19,21H,6,8,12-13H2,1H3/t15-,19+/m1/s1. The molecule has 2 aromatic carbocycles. The van der Waals surface area contributed by atoms with Gasteiger partial charge in [-0.3, -0.25) is 4.79 Å². The third kappa shape index (κ3) is 2.67. The van der Waals surface area contributed by atoms with E-state index in [9.17, 15) is 4.79 Å². The molecule has 1 saturated heterocycles. The first-order valence-corrected chi connectivity index (χ1v) is 8.58. The van der Waals surface area contributed by atoms with Crippen LogP contribution in [0.15, 0.2) is 48.5 Å². The largest absolute Gasteiger partial charge is 0.376 e. The predicted molar refractivity (Wildman–Crippen MR) is 94.0 cm³/mol. The number of aryl methyl sites for hydroxylation is 1. The Morgan fingerprint density at radius 2 is 1.96 bits per heavy atom. The van der Waals surface area contributed by atoms with Crippen LogP contribution in [0.3, 0.4) is 0 Å². The lowest BCUT2D eigenvalue weighted by Crippen LogP contribution is -2.46. The number of hydrogen-bond acceptors (Lipinski definition) is 3. The van der Waals surface area contributed by atoms with Crippen molar-refractivity contribution in [3.63, 3.8) is 0 Å². The summed E-state index contributed by atoms with van der Waals surface area (Å²) in [6.07, 6.45) is 2.07. The molecule has 2 atom stereocenters. The molecule has 0 spiro atoms. The van der Waals surface area contributed by atoms with Gasteiger partial charge in [0.1, 0.15) is 6.17 Å². The molecule has 124 valence electrons. The molecule has 24 heavy (non-hydrogen) atoms. The Morgan fingerprint density at radius 1 is 1.17 bits per heavy atom. The van der Waals surface area contributed by atoms with Gasteiger partial charge in [0, 0.05) is 18.8 Å². The predicted octanol–water partition coefficient (Wildman–Crippen LogP) is 3.74. The van der Waals surface area contributed by atoms with Crippen molar-refractivity contribution in [3.8, 4) is 0 Å². The van der Waals surface area contributed by atoms with E-state index in [0.717, 1.165) is 36.3 Å². The number of carbonyl (C=O) groups is 1. The van der Waals surface area contributed by atoms with Crippen LogP contribution in [0.25, 0.3) is 0 Å². The maximum absolute atomic E-state index is 13.1. The van der Waals surface area contributed by atoms with Crippen LogP contribution in [-0.2, 0) is 4.74 Å². The normalized spacial score (nSPS) is 23.0. The van der Waals surface area contributed by atoms with Crippen molar-refractivity contribution in [1.29, 1.82) is 0 Å². The Labute approximate surface area is 142 Å². The average molecular weight is 322 g/mol. The maximum Gasteiger partial charge on any atom is 0.257 e. The summed E-state index contributed by atoms with van der Waals surface area (Å²) in [6, 6.07) is 16.0. The van der Waals surface area contributed by atoms with Crippen molar-refractivity contribution in [2.24, 2.45) is 0 Å². The van der Waals surface area contributed by atoms with Gasteiger partial charge in [-0.25, -0.2) is 0 Å². The zero-order valence-electron chi connectivity index (χ0n) is 13.9. The zero-order chi connectivity index (χ0) is 16.5. The summed E-state index contributed by atoms with van der Waals surface area (Å²) in [5, 5.41) is 3.56. The van der Waals surface area contributed by atoms with Gasteiger partial charge in [-0.1, -0.05) is 36.4 Å². The summed E-state index contributed by atoms with van der Waals surface area (Å²) in [7, 11) is 0. The smallest absolute Gasteiger partial charge is 0.257 e. The minimum Gasteiger partial charge on any atom is -0.376 e. The molecule has 4 heteroatoms. The molecule has 1 N–H and O–H groups in total. The number of nitrogens with one attached hydrogen (secondary N) is 1. The van der Waals surface area contributed by atoms with Crippen molar-refractivity contribution < 1.29 is 9.53 Å². The van der Waals surface area contributed by atoms with Gasteiger partial charge >= 0.3 is 0 Å². The second-order valence-corrected chi connectivity index (χ2v) is 6.54. The molecule has 0 aliphatic carbocycles. The molecule has 4 nitrogen and oxygen atoms in total. The minimum absolute atomic E-state index is 0.0769. The Balaban J connectivity index is 1.73. The first-order valence-electron chi connectivity index (χ1n) is 8.58. The van der Waals surface area contributed by atoms with E-state index >= 15 is 0 Å². The maximum atomic E-state index is 13.1. The van der Waals surface area contributed by atoms with Gasteiger partial charge in [-0.2, -0.15) is 0 Å². The molecular weight excluding hydrogens is 300 g/mol. The number of ether oxygens (including phenoxy) is 1. The molecule has 1 amide bonds. The van der Waals surface area contributed by atoms with Crippen molar-refractivity contribution in [1.82, 2.24) is 4.90 Å². The molecular formula is C20H22N2O2. The fraction of sp³-hybridized carbons (Fsp3) is 0.350. The third-order valence-corrected chi connectivity index (χ3v) is 4.93. The zero-order valence-corrected chi connectivity index (χ0v) is 13.9. The molecule has 2 heterocycles. The van der Waals surface area contributed by atoms with E-state index < -0.39 is 0 Å². The fourth-order valence-corrected chi connectivity index (χ4v) is 3.63. The summed E-state index contributed by atoms with van der Waals surface area (Å²) in [4.78, 5) is 15.1. The summed E-state index contributed by atoms with van der Waals surface area (Å²) in [6.45, 7) is 3.51. The minimum atomic E-state index is -0.155. The van der Waals surface area contributed by atoms with Gasteiger partial charge in [0.15, 0.2) is 0 Å². The van der Waals surface area contributed by atoms with E-state index in [1.54, 1.807) is 0 Å². The molecule has 0 radical (unpaired) electrons. The van der Waals surface area contributed by atoms with E-state index in [-0.39, 0.29) is 18.2 Å². The first-order chi connectivity index (χ1) is 11.7. The van der Waals surface area contributed by atoms with Crippen LogP contribution in [-0.4, -0.2) is 30.1 Å². The molecule has 0 bridgehead atoms. The van der Waals surface area contributed by atoms with E-state index in [1.165, 1.54) is 5.56 Å². The topological polar surface area (TPSA) is 41.6 Å². The van der Waals surface area contributed by atoms with Crippen LogP contribution >= 0.6 is 0 Å². The number of amides is 1. The van der Waals surface area contributed by atoms with Crippen LogP contribution < -0.4 is 5.32 Å². The lowest BCUT2D eigenvalue weighted by atomic mass is 9.99. The van der Waals surface area contributed by atoms with Gasteiger partial charge in [0.25, 0.3) is 5.91 Å². The highest BCUT2D eigenvalue weighted by Crippen LogP contribution is 2.35. The highest BCUT2D eigenvalue weighted by Gasteiger charge is 2.35. The van der Waals surface area contributed by atoms with Gasteiger partial charge in [-0.15, -0.1) is 0 Å². The molecule has 0 unspecified atom stereocenters. The number of rotatable bonds is 3. The Bertz CT molecular complexity index is 753. The van der Waals surface area contributed by atoms with Crippen LogP contribution in [0.5, 0.6) is 0 Å². The van der Waals surface area contributed by atoms with Crippen LogP contribution in [0.1, 0.15) is 40.5 Å². The van der Waals surface area contributed by atoms with E-state index in [4.69, 9.17) is 4.74 Å². The number of nitrogens with zero attached hydrogens (tertiary/aromatic N) is 1. The van der Waals surface area contributed by atoms with Crippen LogP contribution in [0.4, 0.5) is 5.69 Å². The van der Waals surface area contributed by atoms with Gasteiger partial charge in [-0.05, 0) is 43.0 Å². The van der Waals surface area contributed by atoms with Gasteiger partial charge < -0.3 is 15.0 Å². The van der Waals surface area contributed by atoms with Gasteiger partial charge in [0.05, 0.1) is 11.7 Å². The van der Waals surface area contributed by atoms with Crippen molar-refractivity contribution in [2.75, 3.05) is 18.5 Å². The second-order valence-electron chi connectivity index (χ2n) is 6.54. The summed E-state index contributed by atoms with van der Waals surface area (Å²) < 4.78 is 5.78. The summed E-state index contributed by atoms with van der Waals surface area (Å²) in [5.41, 5.74) is 3.96. The summed E-state index contributed by atoms with van der Waals surface area (Å²) >= 11 is 0. The number of hydrogen-bond donors (Lipinski definition) is 1. The van der Waals surface area contributed by atoms with E-state index in [0.29, 0.717) is 6.54 Å². The monoisotopic (exact) mass is 322 g/mol. The average Bonchev–Trinajstić information content (AvgIpc) is 3.11.